The van der Waals surface area contributed by atoms with Crippen LogP contribution >= 0.6 is 11.6 Å². The van der Waals surface area contributed by atoms with Crippen LogP contribution in [-0.2, 0) is 4.79 Å². The fraction of sp³-hybridized carbons (Fsp3) is 0.400. The van der Waals surface area contributed by atoms with Gasteiger partial charge in [-0.25, -0.2) is 4.98 Å². The Labute approximate surface area is 91.9 Å². The van der Waals surface area contributed by atoms with Crippen LogP contribution in [0.5, 0.6) is 0 Å². The fourth-order valence-electron chi connectivity index (χ4n) is 1.70. The molecule has 1 unspecified atom stereocenters. The average Bonchev–Trinajstić information content (AvgIpc) is 2.60. The van der Waals surface area contributed by atoms with E-state index in [0.717, 1.165) is 0 Å². The molecule has 0 N–H and O–H groups in total. The lowest BCUT2D eigenvalue weighted by Gasteiger charge is -2.16. The smallest absolute Gasteiger partial charge is 0.236 e. The molecule has 3 nitrogen and oxygen atoms in total. The summed E-state index contributed by atoms with van der Waals surface area (Å²) in [5, 5.41) is 0. The number of carbonyl (C=O) groups is 1. The summed E-state index contributed by atoms with van der Waals surface area (Å²) in [4.78, 5) is 16.5. The molecule has 0 aliphatic carbocycles. The molecule has 0 aromatic carbocycles. The minimum absolute atomic E-state index is 0.0902. The van der Waals surface area contributed by atoms with Gasteiger partial charge in [-0.1, -0.05) is 0 Å². The van der Waals surface area contributed by atoms with Gasteiger partial charge in [0.15, 0.2) is 0 Å². The summed E-state index contributed by atoms with van der Waals surface area (Å²) < 4.78 is 13.3. The Bertz CT molecular complexity index is 385. The SMILES string of the molecule is O=C1CC(CCl)CN1c1cccnc1F. The maximum absolute atomic E-state index is 13.3. The molecule has 1 saturated heterocycles. The molecule has 1 amide bonds. The number of halogens is 2. The topological polar surface area (TPSA) is 33.2 Å². The normalized spacial score (nSPS) is 21.1. The van der Waals surface area contributed by atoms with Crippen molar-refractivity contribution in [2.45, 2.75) is 6.42 Å². The highest BCUT2D eigenvalue weighted by molar-refractivity contribution is 6.18. The Hall–Kier alpha value is -1.16. The highest BCUT2D eigenvalue weighted by Crippen LogP contribution is 2.26. The second kappa shape index (κ2) is 4.14. The Morgan fingerprint density at radius 3 is 3.07 bits per heavy atom. The van der Waals surface area contributed by atoms with Crippen LogP contribution < -0.4 is 4.90 Å². The monoisotopic (exact) mass is 228 g/mol. The molecule has 15 heavy (non-hydrogen) atoms. The first-order valence-corrected chi connectivity index (χ1v) is 5.22. The minimum Gasteiger partial charge on any atom is -0.308 e. The quantitative estimate of drug-likeness (QED) is 0.571. The largest absolute Gasteiger partial charge is 0.308 e. The lowest BCUT2D eigenvalue weighted by molar-refractivity contribution is -0.117. The van der Waals surface area contributed by atoms with E-state index in [4.69, 9.17) is 11.6 Å². The van der Waals surface area contributed by atoms with E-state index in [1.54, 1.807) is 12.1 Å². The molecule has 0 bridgehead atoms. The number of hydrogen-bond acceptors (Lipinski definition) is 2. The maximum Gasteiger partial charge on any atom is 0.236 e. The van der Waals surface area contributed by atoms with Crippen molar-refractivity contribution >= 4 is 23.2 Å². The number of pyridine rings is 1. The molecule has 80 valence electrons. The number of hydrogen-bond donors (Lipinski definition) is 0. The molecule has 0 radical (unpaired) electrons. The van der Waals surface area contributed by atoms with Gasteiger partial charge in [0.25, 0.3) is 0 Å². The molecule has 1 atom stereocenters. The lowest BCUT2D eigenvalue weighted by Crippen LogP contribution is -2.25. The third kappa shape index (κ3) is 1.95. The van der Waals surface area contributed by atoms with Crippen LogP contribution in [-0.4, -0.2) is 23.3 Å². The third-order valence-electron chi connectivity index (χ3n) is 2.45. The Morgan fingerprint density at radius 1 is 1.67 bits per heavy atom. The summed E-state index contributed by atoms with van der Waals surface area (Å²) in [7, 11) is 0. The van der Waals surface area contributed by atoms with Gasteiger partial charge in [0, 0.05) is 25.0 Å². The molecule has 5 heteroatoms. The number of rotatable bonds is 2. The van der Waals surface area contributed by atoms with Crippen molar-refractivity contribution in [1.82, 2.24) is 4.98 Å². The molecule has 1 aliphatic rings. The van der Waals surface area contributed by atoms with Gasteiger partial charge in [-0.3, -0.25) is 4.79 Å². The number of aromatic nitrogens is 1. The number of anilines is 1. The average molecular weight is 229 g/mol. The Morgan fingerprint density at radius 2 is 2.47 bits per heavy atom. The van der Waals surface area contributed by atoms with Gasteiger partial charge >= 0.3 is 0 Å². The first-order valence-electron chi connectivity index (χ1n) is 4.69. The van der Waals surface area contributed by atoms with Crippen molar-refractivity contribution in [1.29, 1.82) is 0 Å². The van der Waals surface area contributed by atoms with E-state index in [9.17, 15) is 9.18 Å². The van der Waals surface area contributed by atoms with Crippen LogP contribution in [0.1, 0.15) is 6.42 Å². The molecular weight excluding hydrogens is 219 g/mol. The van der Waals surface area contributed by atoms with Gasteiger partial charge in [-0.15, -0.1) is 11.6 Å². The van der Waals surface area contributed by atoms with Crippen LogP contribution in [0.25, 0.3) is 0 Å². The lowest BCUT2D eigenvalue weighted by atomic mass is 10.1. The van der Waals surface area contributed by atoms with Crippen LogP contribution in [0.2, 0.25) is 0 Å². The number of alkyl halides is 1. The van der Waals surface area contributed by atoms with Crippen molar-refractivity contribution in [3.05, 3.63) is 24.3 Å². The first kappa shape index (κ1) is 10.4. The molecule has 2 rings (SSSR count). The van der Waals surface area contributed by atoms with E-state index < -0.39 is 5.95 Å². The summed E-state index contributed by atoms with van der Waals surface area (Å²) in [5.41, 5.74) is 0.245. The zero-order valence-electron chi connectivity index (χ0n) is 7.99. The van der Waals surface area contributed by atoms with E-state index >= 15 is 0 Å². The van der Waals surface area contributed by atoms with Crippen molar-refractivity contribution in [3.8, 4) is 0 Å². The van der Waals surface area contributed by atoms with Gasteiger partial charge in [-0.2, -0.15) is 4.39 Å². The van der Waals surface area contributed by atoms with Crippen LogP contribution in [0.3, 0.4) is 0 Å². The van der Waals surface area contributed by atoms with Gasteiger partial charge in [-0.05, 0) is 18.1 Å². The number of amides is 1. The molecule has 0 saturated carbocycles. The molecule has 0 spiro atoms. The van der Waals surface area contributed by atoms with Crippen LogP contribution in [0.4, 0.5) is 10.1 Å². The molecule has 1 aromatic heterocycles. The predicted octanol–water partition coefficient (Wildman–Crippen LogP) is 1.81. The summed E-state index contributed by atoms with van der Waals surface area (Å²) >= 11 is 5.68. The van der Waals surface area contributed by atoms with E-state index in [2.05, 4.69) is 4.98 Å². The Kier molecular flexibility index (Phi) is 2.86. The molecule has 1 fully saturated rings. The van der Waals surface area contributed by atoms with Gasteiger partial charge in [0.2, 0.25) is 11.9 Å². The van der Waals surface area contributed by atoms with Crippen molar-refractivity contribution in [2.75, 3.05) is 17.3 Å². The van der Waals surface area contributed by atoms with Crippen molar-refractivity contribution in [2.24, 2.45) is 5.92 Å². The number of carbonyl (C=O) groups excluding carboxylic acids is 1. The fourth-order valence-corrected chi connectivity index (χ4v) is 1.90. The third-order valence-corrected chi connectivity index (χ3v) is 2.89. The van der Waals surface area contributed by atoms with E-state index in [1.807, 2.05) is 0 Å². The summed E-state index contributed by atoms with van der Waals surface area (Å²) in [6.45, 7) is 0.477. The highest BCUT2D eigenvalue weighted by Gasteiger charge is 2.31. The Balaban J connectivity index is 2.25. The van der Waals surface area contributed by atoms with Crippen LogP contribution in [0, 0.1) is 11.9 Å². The second-order valence-corrected chi connectivity index (χ2v) is 3.85. The van der Waals surface area contributed by atoms with E-state index in [0.29, 0.717) is 18.8 Å². The molecular formula is C10H10ClFN2O. The summed E-state index contributed by atoms with van der Waals surface area (Å²) in [6, 6.07) is 3.16. The zero-order valence-corrected chi connectivity index (χ0v) is 8.75. The summed E-state index contributed by atoms with van der Waals surface area (Å²) in [6.07, 6.45) is 1.75. The first-order chi connectivity index (χ1) is 7.22. The van der Waals surface area contributed by atoms with Gasteiger partial charge in [0.1, 0.15) is 0 Å². The second-order valence-electron chi connectivity index (χ2n) is 3.54. The van der Waals surface area contributed by atoms with Crippen molar-refractivity contribution in [3.63, 3.8) is 0 Å². The highest BCUT2D eigenvalue weighted by atomic mass is 35.5. The minimum atomic E-state index is -0.610. The predicted molar refractivity (Wildman–Crippen MR) is 55.4 cm³/mol. The molecule has 2 heterocycles. The maximum atomic E-state index is 13.3. The summed E-state index contributed by atoms with van der Waals surface area (Å²) in [5.74, 6) is -0.170. The van der Waals surface area contributed by atoms with E-state index in [1.165, 1.54) is 11.1 Å². The van der Waals surface area contributed by atoms with Crippen molar-refractivity contribution < 1.29 is 9.18 Å². The number of nitrogens with zero attached hydrogens (tertiary/aromatic N) is 2. The standard InChI is InChI=1S/C10H10ClFN2O/c11-5-7-4-9(15)14(6-7)8-2-1-3-13-10(8)12/h1-3,7H,4-6H2. The molecule has 1 aromatic rings. The van der Waals surface area contributed by atoms with Gasteiger partial charge < -0.3 is 4.90 Å². The van der Waals surface area contributed by atoms with Crippen LogP contribution in [0.15, 0.2) is 18.3 Å². The van der Waals surface area contributed by atoms with E-state index in [-0.39, 0.29) is 17.5 Å². The zero-order chi connectivity index (χ0) is 10.8. The van der Waals surface area contributed by atoms with Gasteiger partial charge in [0.05, 0.1) is 5.69 Å². The molecule has 1 aliphatic heterocycles.